The molecule has 3 atom stereocenters. The molecule has 4 heteroatoms. The summed E-state index contributed by atoms with van der Waals surface area (Å²) in [6, 6.07) is 1.37. The number of hydrogen-bond donors (Lipinski definition) is 1. The molecule has 100 valence electrons. The summed E-state index contributed by atoms with van der Waals surface area (Å²) in [4.78, 5) is 2.51. The van der Waals surface area contributed by atoms with E-state index in [-0.39, 0.29) is 6.10 Å². The van der Waals surface area contributed by atoms with Crippen molar-refractivity contribution in [1.29, 1.82) is 0 Å². The van der Waals surface area contributed by atoms with Gasteiger partial charge >= 0.3 is 0 Å². The highest BCUT2D eigenvalue weighted by Gasteiger charge is 2.41. The molecule has 0 aromatic carbocycles. The zero-order chi connectivity index (χ0) is 12.7. The first kappa shape index (κ1) is 12.2. The van der Waals surface area contributed by atoms with E-state index in [0.717, 1.165) is 24.9 Å². The molecule has 4 nitrogen and oxygen atoms in total. The Hall–Kier alpha value is -0.870. The third-order valence-corrected chi connectivity index (χ3v) is 4.90. The zero-order valence-corrected chi connectivity index (χ0v) is 11.3. The monoisotopic (exact) mass is 249 g/mol. The lowest BCUT2D eigenvalue weighted by atomic mass is 9.84. The van der Waals surface area contributed by atoms with Gasteiger partial charge in [-0.05, 0) is 45.6 Å². The molecule has 1 aromatic heterocycles. The van der Waals surface area contributed by atoms with Gasteiger partial charge in [0.2, 0.25) is 0 Å². The second kappa shape index (κ2) is 4.67. The summed E-state index contributed by atoms with van der Waals surface area (Å²) in [6.45, 7) is 2.93. The Morgan fingerprint density at radius 2 is 2.06 bits per heavy atom. The molecule has 2 saturated heterocycles. The van der Waals surface area contributed by atoms with Crippen molar-refractivity contribution in [2.75, 3.05) is 7.05 Å². The third kappa shape index (κ3) is 1.97. The number of aliphatic hydroxyl groups excluding tert-OH is 1. The lowest BCUT2D eigenvalue weighted by Gasteiger charge is -2.38. The molecule has 3 unspecified atom stereocenters. The molecular formula is C14H23N3O. The molecule has 2 bridgehead atoms. The van der Waals surface area contributed by atoms with Crippen LogP contribution in [0.4, 0.5) is 0 Å². The largest absolute Gasteiger partial charge is 0.388 e. The van der Waals surface area contributed by atoms with E-state index in [1.165, 1.54) is 12.8 Å². The Balaban J connectivity index is 1.72. The third-order valence-electron chi connectivity index (χ3n) is 4.90. The molecule has 3 heterocycles. The SMILES string of the molecule is CCn1cc(C(O)C2CC3CCC(C2)N3C)cn1. The highest BCUT2D eigenvalue weighted by atomic mass is 16.3. The van der Waals surface area contributed by atoms with Gasteiger partial charge in [0.15, 0.2) is 0 Å². The first-order chi connectivity index (χ1) is 8.69. The van der Waals surface area contributed by atoms with Gasteiger partial charge in [-0.2, -0.15) is 5.10 Å². The Bertz CT molecular complexity index is 403. The first-order valence-electron chi connectivity index (χ1n) is 7.11. The first-order valence-corrected chi connectivity index (χ1v) is 7.11. The van der Waals surface area contributed by atoms with E-state index in [1.54, 1.807) is 0 Å². The van der Waals surface area contributed by atoms with E-state index in [0.29, 0.717) is 18.0 Å². The van der Waals surface area contributed by atoms with Crippen molar-refractivity contribution in [3.8, 4) is 0 Å². The topological polar surface area (TPSA) is 41.3 Å². The van der Waals surface area contributed by atoms with Crippen molar-refractivity contribution in [3.63, 3.8) is 0 Å². The van der Waals surface area contributed by atoms with E-state index in [9.17, 15) is 5.11 Å². The molecule has 1 aromatic rings. The number of hydrogen-bond acceptors (Lipinski definition) is 3. The Labute approximate surface area is 109 Å². The van der Waals surface area contributed by atoms with Gasteiger partial charge in [-0.15, -0.1) is 0 Å². The van der Waals surface area contributed by atoms with Crippen LogP contribution in [-0.2, 0) is 6.54 Å². The number of rotatable bonds is 3. The molecule has 2 fully saturated rings. The van der Waals surface area contributed by atoms with Gasteiger partial charge < -0.3 is 10.0 Å². The van der Waals surface area contributed by atoms with E-state index in [1.807, 2.05) is 17.1 Å². The van der Waals surface area contributed by atoms with Crippen molar-refractivity contribution in [2.45, 2.75) is 57.3 Å². The Kier molecular flexibility index (Phi) is 3.16. The minimum absolute atomic E-state index is 0.331. The molecule has 0 spiro atoms. The molecule has 2 aliphatic rings. The number of nitrogens with zero attached hydrogens (tertiary/aromatic N) is 3. The fourth-order valence-corrected chi connectivity index (χ4v) is 3.69. The quantitative estimate of drug-likeness (QED) is 0.888. The predicted molar refractivity (Wildman–Crippen MR) is 70.2 cm³/mol. The number of fused-ring (bicyclic) bond motifs is 2. The van der Waals surface area contributed by atoms with Crippen molar-refractivity contribution in [1.82, 2.24) is 14.7 Å². The average molecular weight is 249 g/mol. The van der Waals surface area contributed by atoms with E-state index < -0.39 is 0 Å². The smallest absolute Gasteiger partial charge is 0.0849 e. The number of piperidine rings is 1. The Morgan fingerprint density at radius 1 is 1.39 bits per heavy atom. The normalized spacial score (nSPS) is 33.8. The fraction of sp³-hybridized carbons (Fsp3) is 0.786. The van der Waals surface area contributed by atoms with Crippen LogP contribution in [0.2, 0.25) is 0 Å². The van der Waals surface area contributed by atoms with Crippen LogP contribution in [0, 0.1) is 5.92 Å². The van der Waals surface area contributed by atoms with Gasteiger partial charge in [0.05, 0.1) is 12.3 Å². The van der Waals surface area contributed by atoms with Crippen LogP contribution in [0.25, 0.3) is 0 Å². The van der Waals surface area contributed by atoms with E-state index >= 15 is 0 Å². The summed E-state index contributed by atoms with van der Waals surface area (Å²) < 4.78 is 1.89. The maximum Gasteiger partial charge on any atom is 0.0849 e. The molecule has 1 N–H and O–H groups in total. The summed E-state index contributed by atoms with van der Waals surface area (Å²) in [5.41, 5.74) is 0.991. The van der Waals surface area contributed by atoms with E-state index in [4.69, 9.17) is 0 Å². The number of aromatic nitrogens is 2. The Morgan fingerprint density at radius 3 is 2.61 bits per heavy atom. The second-order valence-electron chi connectivity index (χ2n) is 5.86. The molecule has 18 heavy (non-hydrogen) atoms. The molecular weight excluding hydrogens is 226 g/mol. The van der Waals surface area contributed by atoms with Crippen LogP contribution >= 0.6 is 0 Å². The summed E-state index contributed by atoms with van der Waals surface area (Å²) in [7, 11) is 2.24. The number of aliphatic hydroxyl groups is 1. The van der Waals surface area contributed by atoms with Crippen LogP contribution in [0.3, 0.4) is 0 Å². The van der Waals surface area contributed by atoms with Gasteiger partial charge in [-0.25, -0.2) is 0 Å². The molecule has 0 aliphatic carbocycles. The van der Waals surface area contributed by atoms with Crippen LogP contribution in [0.5, 0.6) is 0 Å². The molecule has 0 amide bonds. The summed E-state index contributed by atoms with van der Waals surface area (Å²) in [6.07, 6.45) is 8.36. The maximum absolute atomic E-state index is 10.5. The van der Waals surface area contributed by atoms with Gasteiger partial charge in [0.25, 0.3) is 0 Å². The maximum atomic E-state index is 10.5. The molecule has 0 radical (unpaired) electrons. The minimum atomic E-state index is -0.331. The summed E-state index contributed by atoms with van der Waals surface area (Å²) in [5.74, 6) is 0.410. The number of aryl methyl sites for hydroxylation is 1. The van der Waals surface area contributed by atoms with Crippen LogP contribution < -0.4 is 0 Å². The molecule has 3 rings (SSSR count). The van der Waals surface area contributed by atoms with Gasteiger partial charge in [-0.3, -0.25) is 4.68 Å². The summed E-state index contributed by atoms with van der Waals surface area (Å²) >= 11 is 0. The van der Waals surface area contributed by atoms with Crippen molar-refractivity contribution < 1.29 is 5.11 Å². The van der Waals surface area contributed by atoms with Crippen LogP contribution in [0.15, 0.2) is 12.4 Å². The van der Waals surface area contributed by atoms with Gasteiger partial charge in [0.1, 0.15) is 0 Å². The molecule has 2 aliphatic heterocycles. The van der Waals surface area contributed by atoms with Crippen molar-refractivity contribution in [3.05, 3.63) is 18.0 Å². The fourth-order valence-electron chi connectivity index (χ4n) is 3.69. The van der Waals surface area contributed by atoms with Crippen molar-refractivity contribution in [2.24, 2.45) is 5.92 Å². The predicted octanol–water partition coefficient (Wildman–Crippen LogP) is 1.81. The van der Waals surface area contributed by atoms with Crippen LogP contribution in [-0.4, -0.2) is 38.9 Å². The zero-order valence-electron chi connectivity index (χ0n) is 11.3. The second-order valence-corrected chi connectivity index (χ2v) is 5.86. The van der Waals surface area contributed by atoms with Gasteiger partial charge in [-0.1, -0.05) is 0 Å². The summed E-state index contributed by atoms with van der Waals surface area (Å²) in [5, 5.41) is 14.8. The highest BCUT2D eigenvalue weighted by Crippen LogP contribution is 2.42. The van der Waals surface area contributed by atoms with Crippen molar-refractivity contribution >= 4 is 0 Å². The lowest BCUT2D eigenvalue weighted by molar-refractivity contribution is 0.0356. The average Bonchev–Trinajstić information content (AvgIpc) is 2.91. The van der Waals surface area contributed by atoms with E-state index in [2.05, 4.69) is 24.0 Å². The highest BCUT2D eigenvalue weighted by molar-refractivity contribution is 5.11. The lowest BCUT2D eigenvalue weighted by Crippen LogP contribution is -2.41. The standard InChI is InChI=1S/C14H23N3O/c1-3-17-9-11(8-15-17)14(18)10-6-12-4-5-13(7-10)16(12)2/h8-10,12-14,18H,3-7H2,1-2H3. The minimum Gasteiger partial charge on any atom is -0.388 e. The van der Waals surface area contributed by atoms with Gasteiger partial charge in [0, 0.05) is 30.4 Å². The van der Waals surface area contributed by atoms with Crippen LogP contribution in [0.1, 0.15) is 44.3 Å². The molecule has 0 saturated carbocycles.